The fourth-order valence-electron chi connectivity index (χ4n) is 2.30. The molecule has 0 fully saturated rings. The Kier molecular flexibility index (Phi) is 2.88. The van der Waals surface area contributed by atoms with Gasteiger partial charge in [0.05, 0.1) is 11.1 Å². The number of benzene rings is 2. The molecular formula is C16H14N2O. The van der Waals surface area contributed by atoms with Gasteiger partial charge in [0.15, 0.2) is 0 Å². The minimum atomic E-state index is -0.0487. The van der Waals surface area contributed by atoms with Crippen LogP contribution in [0.15, 0.2) is 59.4 Å². The predicted octanol–water partition coefficient (Wildman–Crippen LogP) is 2.52. The topological polar surface area (TPSA) is 34.9 Å². The maximum atomic E-state index is 12.0. The average molecular weight is 250 g/mol. The summed E-state index contributed by atoms with van der Waals surface area (Å²) in [5, 5.41) is 6.07. The highest BCUT2D eigenvalue weighted by molar-refractivity contribution is 5.83. The molecule has 0 saturated heterocycles. The molecule has 0 radical (unpaired) electrons. The summed E-state index contributed by atoms with van der Waals surface area (Å²) in [6.07, 6.45) is 0.732. The van der Waals surface area contributed by atoms with Crippen LogP contribution in [0.5, 0.6) is 0 Å². The molecule has 0 saturated carbocycles. The molecule has 0 N–H and O–H groups in total. The van der Waals surface area contributed by atoms with Gasteiger partial charge in [0.25, 0.3) is 5.56 Å². The fraction of sp³-hybridized carbons (Fsp3) is 0.125. The van der Waals surface area contributed by atoms with Crippen LogP contribution in [0, 0.1) is 0 Å². The molecule has 3 aromatic rings. The number of rotatable bonds is 2. The van der Waals surface area contributed by atoms with Gasteiger partial charge in [-0.3, -0.25) is 4.79 Å². The van der Waals surface area contributed by atoms with Gasteiger partial charge in [-0.25, -0.2) is 4.68 Å². The summed E-state index contributed by atoms with van der Waals surface area (Å²) >= 11 is 0. The molecule has 0 spiro atoms. The van der Waals surface area contributed by atoms with E-state index in [0.29, 0.717) is 0 Å². The van der Waals surface area contributed by atoms with E-state index in [4.69, 9.17) is 0 Å². The molecule has 0 aliphatic rings. The van der Waals surface area contributed by atoms with E-state index < -0.39 is 0 Å². The number of aryl methyl sites for hydroxylation is 1. The quantitative estimate of drug-likeness (QED) is 0.700. The molecule has 3 nitrogen and oxygen atoms in total. The molecule has 0 aliphatic heterocycles. The Labute approximate surface area is 111 Å². The second-order valence-electron chi connectivity index (χ2n) is 4.58. The summed E-state index contributed by atoms with van der Waals surface area (Å²) in [5.41, 5.74) is 2.08. The Morgan fingerprint density at radius 1 is 0.947 bits per heavy atom. The van der Waals surface area contributed by atoms with Crippen molar-refractivity contribution in [1.29, 1.82) is 0 Å². The lowest BCUT2D eigenvalue weighted by Gasteiger charge is -2.08. The van der Waals surface area contributed by atoms with Crippen molar-refractivity contribution in [3.8, 4) is 0 Å². The third-order valence-corrected chi connectivity index (χ3v) is 3.25. The lowest BCUT2D eigenvalue weighted by atomic mass is 10.0. The summed E-state index contributed by atoms with van der Waals surface area (Å²) < 4.78 is 1.42. The molecule has 0 aliphatic carbocycles. The van der Waals surface area contributed by atoms with Crippen LogP contribution in [0.3, 0.4) is 0 Å². The van der Waals surface area contributed by atoms with Crippen LogP contribution >= 0.6 is 0 Å². The SMILES string of the molecule is Cn1nc(Cc2ccccc2)c2ccccc2c1=O. The molecule has 0 amide bonds. The Bertz CT molecular complexity index is 776. The molecule has 0 unspecified atom stereocenters. The van der Waals surface area contributed by atoms with Gasteiger partial charge in [-0.05, 0) is 11.6 Å². The third-order valence-electron chi connectivity index (χ3n) is 3.25. The van der Waals surface area contributed by atoms with E-state index in [2.05, 4.69) is 17.2 Å². The zero-order chi connectivity index (χ0) is 13.2. The number of hydrogen-bond acceptors (Lipinski definition) is 2. The molecular weight excluding hydrogens is 236 g/mol. The number of fused-ring (bicyclic) bond motifs is 1. The van der Waals surface area contributed by atoms with Crippen molar-refractivity contribution in [3.63, 3.8) is 0 Å². The standard InChI is InChI=1S/C16H14N2O/c1-18-16(19)14-10-6-5-9-13(14)15(17-18)11-12-7-3-2-4-8-12/h2-10H,11H2,1H3. The first kappa shape index (κ1) is 11.7. The second kappa shape index (κ2) is 4.69. The molecule has 3 rings (SSSR count). The molecule has 19 heavy (non-hydrogen) atoms. The highest BCUT2D eigenvalue weighted by Crippen LogP contribution is 2.16. The van der Waals surface area contributed by atoms with Gasteiger partial charge in [0.2, 0.25) is 0 Å². The van der Waals surface area contributed by atoms with Crippen molar-refractivity contribution in [2.75, 3.05) is 0 Å². The van der Waals surface area contributed by atoms with Crippen LogP contribution in [0.25, 0.3) is 10.8 Å². The normalized spacial score (nSPS) is 10.8. The third kappa shape index (κ3) is 2.15. The van der Waals surface area contributed by atoms with Crippen molar-refractivity contribution < 1.29 is 0 Å². The van der Waals surface area contributed by atoms with Crippen LogP contribution in [0.1, 0.15) is 11.3 Å². The molecule has 94 valence electrons. The van der Waals surface area contributed by atoms with Crippen molar-refractivity contribution >= 4 is 10.8 Å². The largest absolute Gasteiger partial charge is 0.274 e. The van der Waals surface area contributed by atoms with E-state index in [1.807, 2.05) is 42.5 Å². The van der Waals surface area contributed by atoms with E-state index in [-0.39, 0.29) is 5.56 Å². The van der Waals surface area contributed by atoms with Crippen LogP contribution < -0.4 is 5.56 Å². The van der Waals surface area contributed by atoms with Gasteiger partial charge in [-0.1, -0.05) is 48.5 Å². The monoisotopic (exact) mass is 250 g/mol. The average Bonchev–Trinajstić information content (AvgIpc) is 2.46. The summed E-state index contributed by atoms with van der Waals surface area (Å²) in [6, 6.07) is 17.8. The van der Waals surface area contributed by atoms with Gasteiger partial charge in [0.1, 0.15) is 0 Å². The maximum Gasteiger partial charge on any atom is 0.274 e. The van der Waals surface area contributed by atoms with Crippen LogP contribution in [0.2, 0.25) is 0 Å². The lowest BCUT2D eigenvalue weighted by molar-refractivity contribution is 0.697. The molecule has 1 heterocycles. The van der Waals surface area contributed by atoms with Gasteiger partial charge in [-0.2, -0.15) is 5.10 Å². The smallest absolute Gasteiger partial charge is 0.267 e. The summed E-state index contributed by atoms with van der Waals surface area (Å²) in [5.74, 6) is 0. The van der Waals surface area contributed by atoms with E-state index in [9.17, 15) is 4.79 Å². The van der Waals surface area contributed by atoms with Crippen LogP contribution in [0.4, 0.5) is 0 Å². The van der Waals surface area contributed by atoms with Gasteiger partial charge < -0.3 is 0 Å². The zero-order valence-electron chi connectivity index (χ0n) is 10.7. The Hall–Kier alpha value is -2.42. The first-order chi connectivity index (χ1) is 9.25. The van der Waals surface area contributed by atoms with Crippen molar-refractivity contribution in [2.24, 2.45) is 7.05 Å². The zero-order valence-corrected chi connectivity index (χ0v) is 10.7. The maximum absolute atomic E-state index is 12.0. The first-order valence-electron chi connectivity index (χ1n) is 6.24. The van der Waals surface area contributed by atoms with Gasteiger partial charge in [0, 0.05) is 18.9 Å². The highest BCUT2D eigenvalue weighted by Gasteiger charge is 2.08. The minimum Gasteiger partial charge on any atom is -0.267 e. The second-order valence-corrected chi connectivity index (χ2v) is 4.58. The summed E-state index contributed by atoms with van der Waals surface area (Å²) in [7, 11) is 1.70. The lowest BCUT2D eigenvalue weighted by Crippen LogP contribution is -2.21. The molecule has 2 aromatic carbocycles. The van der Waals surface area contributed by atoms with E-state index >= 15 is 0 Å². The van der Waals surface area contributed by atoms with Gasteiger partial charge in [-0.15, -0.1) is 0 Å². The number of nitrogens with zero attached hydrogens (tertiary/aromatic N) is 2. The van der Waals surface area contributed by atoms with E-state index in [1.165, 1.54) is 10.2 Å². The molecule has 0 atom stereocenters. The molecule has 3 heteroatoms. The summed E-state index contributed by atoms with van der Waals surface area (Å²) in [6.45, 7) is 0. The van der Waals surface area contributed by atoms with Gasteiger partial charge >= 0.3 is 0 Å². The molecule has 0 bridgehead atoms. The minimum absolute atomic E-state index is 0.0487. The van der Waals surface area contributed by atoms with Crippen LogP contribution in [-0.4, -0.2) is 9.78 Å². The number of aromatic nitrogens is 2. The predicted molar refractivity (Wildman–Crippen MR) is 76.2 cm³/mol. The first-order valence-corrected chi connectivity index (χ1v) is 6.24. The van der Waals surface area contributed by atoms with Crippen molar-refractivity contribution in [3.05, 3.63) is 76.2 Å². The summed E-state index contributed by atoms with van der Waals surface area (Å²) in [4.78, 5) is 12.0. The van der Waals surface area contributed by atoms with Crippen molar-refractivity contribution in [2.45, 2.75) is 6.42 Å². The molecule has 1 aromatic heterocycles. The van der Waals surface area contributed by atoms with E-state index in [0.717, 1.165) is 22.9 Å². The van der Waals surface area contributed by atoms with Crippen LogP contribution in [-0.2, 0) is 13.5 Å². The van der Waals surface area contributed by atoms with Crippen molar-refractivity contribution in [1.82, 2.24) is 9.78 Å². The number of hydrogen-bond donors (Lipinski definition) is 0. The fourth-order valence-corrected chi connectivity index (χ4v) is 2.30. The Morgan fingerprint density at radius 3 is 2.32 bits per heavy atom. The highest BCUT2D eigenvalue weighted by atomic mass is 16.1. The van der Waals surface area contributed by atoms with E-state index in [1.54, 1.807) is 7.05 Å². The Balaban J connectivity index is 2.19. The Morgan fingerprint density at radius 2 is 1.58 bits per heavy atom.